The summed E-state index contributed by atoms with van der Waals surface area (Å²) in [4.78, 5) is 12.8. The number of amides is 1. The standard InChI is InChI=1S/C26H20Cl3N3O4S/c1-17-7-9-19(14-23(17)28)32(37(34,35)21-5-3-2-4-6-21)16-26(33)31-30-15-20-10-12-25(36-20)22-11-8-18(27)13-24(22)29/h2-15H,16H2,1H3,(H,31,33)/b30-15-. The Morgan fingerprint density at radius 3 is 2.43 bits per heavy atom. The van der Waals surface area contributed by atoms with Crippen molar-refractivity contribution in [1.29, 1.82) is 0 Å². The fraction of sp³-hybridized carbons (Fsp3) is 0.0769. The minimum Gasteiger partial charge on any atom is -0.455 e. The van der Waals surface area contributed by atoms with Crippen molar-refractivity contribution >= 4 is 62.6 Å². The summed E-state index contributed by atoms with van der Waals surface area (Å²) in [5.41, 5.74) is 4.00. The van der Waals surface area contributed by atoms with E-state index < -0.39 is 22.5 Å². The minimum absolute atomic E-state index is 0.0342. The lowest BCUT2D eigenvalue weighted by Gasteiger charge is -2.24. The third-order valence-corrected chi connectivity index (χ3v) is 8.01. The highest BCUT2D eigenvalue weighted by Gasteiger charge is 2.27. The second-order valence-electron chi connectivity index (χ2n) is 7.88. The molecule has 0 atom stereocenters. The Morgan fingerprint density at radius 1 is 0.973 bits per heavy atom. The summed E-state index contributed by atoms with van der Waals surface area (Å²) in [6.07, 6.45) is 1.30. The van der Waals surface area contributed by atoms with E-state index in [1.807, 2.05) is 0 Å². The Kier molecular flexibility index (Phi) is 8.24. The number of hydrogen-bond donors (Lipinski definition) is 1. The van der Waals surface area contributed by atoms with Crippen molar-refractivity contribution in [2.24, 2.45) is 5.10 Å². The average molecular weight is 577 g/mol. The van der Waals surface area contributed by atoms with E-state index in [1.54, 1.807) is 67.6 Å². The van der Waals surface area contributed by atoms with Crippen LogP contribution in [-0.4, -0.2) is 27.1 Å². The second-order valence-corrected chi connectivity index (χ2v) is 11.0. The first-order valence-corrected chi connectivity index (χ1v) is 13.4. The van der Waals surface area contributed by atoms with Gasteiger partial charge in [0.1, 0.15) is 18.1 Å². The molecular formula is C26H20Cl3N3O4S. The summed E-state index contributed by atoms with van der Waals surface area (Å²) in [7, 11) is -4.07. The molecule has 37 heavy (non-hydrogen) atoms. The van der Waals surface area contributed by atoms with Gasteiger partial charge in [-0.1, -0.05) is 59.1 Å². The lowest BCUT2D eigenvalue weighted by Crippen LogP contribution is -2.39. The number of hydrazone groups is 1. The number of nitrogens with zero attached hydrogens (tertiary/aromatic N) is 2. The van der Waals surface area contributed by atoms with E-state index in [-0.39, 0.29) is 10.6 Å². The fourth-order valence-electron chi connectivity index (χ4n) is 3.36. The Morgan fingerprint density at radius 2 is 1.73 bits per heavy atom. The maximum atomic E-state index is 13.4. The molecule has 1 amide bonds. The van der Waals surface area contributed by atoms with Crippen LogP contribution >= 0.6 is 34.8 Å². The molecule has 0 saturated heterocycles. The van der Waals surface area contributed by atoms with Crippen LogP contribution in [0, 0.1) is 6.92 Å². The van der Waals surface area contributed by atoms with E-state index in [0.717, 1.165) is 9.87 Å². The van der Waals surface area contributed by atoms with Gasteiger partial charge in [-0.25, -0.2) is 13.8 Å². The van der Waals surface area contributed by atoms with Gasteiger partial charge in [0.05, 0.1) is 21.8 Å². The quantitative estimate of drug-likeness (QED) is 0.190. The molecule has 0 saturated carbocycles. The number of carbonyl (C=O) groups excluding carboxylic acids is 1. The summed E-state index contributed by atoms with van der Waals surface area (Å²) in [6.45, 7) is 1.27. The van der Waals surface area contributed by atoms with E-state index in [0.29, 0.717) is 32.2 Å². The number of furan rings is 1. The number of sulfonamides is 1. The highest BCUT2D eigenvalue weighted by molar-refractivity contribution is 7.92. The molecule has 1 N–H and O–H groups in total. The molecule has 7 nitrogen and oxygen atoms in total. The van der Waals surface area contributed by atoms with Crippen molar-refractivity contribution in [3.05, 3.63) is 105 Å². The number of nitrogens with one attached hydrogen (secondary N) is 1. The van der Waals surface area contributed by atoms with Crippen molar-refractivity contribution in [2.75, 3.05) is 10.8 Å². The van der Waals surface area contributed by atoms with Crippen LogP contribution in [0.5, 0.6) is 0 Å². The molecule has 0 fully saturated rings. The molecule has 1 heterocycles. The Bertz CT molecular complexity index is 1570. The van der Waals surface area contributed by atoms with Gasteiger partial charge >= 0.3 is 0 Å². The molecular weight excluding hydrogens is 557 g/mol. The van der Waals surface area contributed by atoms with E-state index in [4.69, 9.17) is 39.2 Å². The Balaban J connectivity index is 1.51. The van der Waals surface area contributed by atoms with Crippen molar-refractivity contribution in [3.8, 4) is 11.3 Å². The second kappa shape index (κ2) is 11.4. The lowest BCUT2D eigenvalue weighted by atomic mass is 10.2. The van der Waals surface area contributed by atoms with Crippen molar-refractivity contribution < 1.29 is 17.6 Å². The maximum absolute atomic E-state index is 13.4. The molecule has 4 rings (SSSR count). The topological polar surface area (TPSA) is 92.0 Å². The monoisotopic (exact) mass is 575 g/mol. The maximum Gasteiger partial charge on any atom is 0.264 e. The number of anilines is 1. The van der Waals surface area contributed by atoms with Crippen LogP contribution in [-0.2, 0) is 14.8 Å². The van der Waals surface area contributed by atoms with Gasteiger partial charge in [-0.3, -0.25) is 9.10 Å². The van der Waals surface area contributed by atoms with Gasteiger partial charge in [-0.15, -0.1) is 0 Å². The Hall–Kier alpha value is -3.30. The first-order chi connectivity index (χ1) is 17.6. The molecule has 0 aliphatic rings. The molecule has 4 aromatic rings. The number of aryl methyl sites for hydroxylation is 1. The molecule has 0 bridgehead atoms. The van der Waals surface area contributed by atoms with Crippen LogP contribution in [0.4, 0.5) is 5.69 Å². The summed E-state index contributed by atoms with van der Waals surface area (Å²) in [6, 6.07) is 21.0. The van der Waals surface area contributed by atoms with Crippen molar-refractivity contribution in [3.63, 3.8) is 0 Å². The molecule has 0 radical (unpaired) electrons. The normalized spacial score (nSPS) is 11.6. The molecule has 0 aliphatic carbocycles. The highest BCUT2D eigenvalue weighted by Crippen LogP contribution is 2.31. The van der Waals surface area contributed by atoms with Gasteiger partial charge in [-0.2, -0.15) is 5.10 Å². The number of benzene rings is 3. The molecule has 3 aromatic carbocycles. The number of rotatable bonds is 8. The Labute approximate surface area is 229 Å². The zero-order valence-electron chi connectivity index (χ0n) is 19.4. The molecule has 1 aromatic heterocycles. The third kappa shape index (κ3) is 6.34. The number of hydrogen-bond acceptors (Lipinski definition) is 5. The minimum atomic E-state index is -4.07. The predicted octanol–water partition coefficient (Wildman–Crippen LogP) is 6.56. The lowest BCUT2D eigenvalue weighted by molar-refractivity contribution is -0.119. The van der Waals surface area contributed by atoms with Gasteiger partial charge < -0.3 is 4.42 Å². The summed E-state index contributed by atoms with van der Waals surface area (Å²) >= 11 is 18.4. The summed E-state index contributed by atoms with van der Waals surface area (Å²) < 4.78 is 33.4. The SMILES string of the molecule is Cc1ccc(N(CC(=O)N/N=C\c2ccc(-c3ccc(Cl)cc3Cl)o2)S(=O)(=O)c2ccccc2)cc1Cl. The fourth-order valence-corrected chi connectivity index (χ4v) is 5.47. The summed E-state index contributed by atoms with van der Waals surface area (Å²) in [5.74, 6) is 0.172. The van der Waals surface area contributed by atoms with Crippen LogP contribution in [0.2, 0.25) is 15.1 Å². The average Bonchev–Trinajstić information content (AvgIpc) is 3.33. The first kappa shape index (κ1) is 26.8. The highest BCUT2D eigenvalue weighted by atomic mass is 35.5. The smallest absolute Gasteiger partial charge is 0.264 e. The zero-order chi connectivity index (χ0) is 26.6. The van der Waals surface area contributed by atoms with Crippen LogP contribution in [0.15, 0.2) is 93.3 Å². The van der Waals surface area contributed by atoms with Gasteiger partial charge in [0.25, 0.3) is 15.9 Å². The van der Waals surface area contributed by atoms with E-state index >= 15 is 0 Å². The predicted molar refractivity (Wildman–Crippen MR) is 147 cm³/mol. The van der Waals surface area contributed by atoms with Gasteiger partial charge in [0.15, 0.2) is 0 Å². The van der Waals surface area contributed by atoms with Crippen molar-refractivity contribution in [1.82, 2.24) is 5.43 Å². The van der Waals surface area contributed by atoms with Gasteiger partial charge in [-0.05, 0) is 67.1 Å². The van der Waals surface area contributed by atoms with Crippen LogP contribution < -0.4 is 9.73 Å². The largest absolute Gasteiger partial charge is 0.455 e. The van der Waals surface area contributed by atoms with Gasteiger partial charge in [0.2, 0.25) is 0 Å². The van der Waals surface area contributed by atoms with Crippen LogP contribution in [0.3, 0.4) is 0 Å². The van der Waals surface area contributed by atoms with Crippen LogP contribution in [0.1, 0.15) is 11.3 Å². The molecule has 0 aliphatic heterocycles. The zero-order valence-corrected chi connectivity index (χ0v) is 22.4. The number of halogens is 3. The molecule has 0 unspecified atom stereocenters. The molecule has 0 spiro atoms. The first-order valence-electron chi connectivity index (χ1n) is 10.9. The van der Waals surface area contributed by atoms with Crippen LogP contribution in [0.25, 0.3) is 11.3 Å². The van der Waals surface area contributed by atoms with E-state index in [2.05, 4.69) is 10.5 Å². The molecule has 11 heteroatoms. The van der Waals surface area contributed by atoms with Gasteiger partial charge in [0, 0.05) is 15.6 Å². The van der Waals surface area contributed by atoms with E-state index in [9.17, 15) is 13.2 Å². The summed E-state index contributed by atoms with van der Waals surface area (Å²) in [5, 5.41) is 5.20. The molecule has 190 valence electrons. The van der Waals surface area contributed by atoms with Crippen molar-refractivity contribution in [2.45, 2.75) is 11.8 Å². The third-order valence-electron chi connectivity index (χ3n) is 5.27. The van der Waals surface area contributed by atoms with E-state index in [1.165, 1.54) is 24.4 Å². The number of carbonyl (C=O) groups is 1.